The number of alkyl halides is 3. The molecule has 1 atom stereocenters. The van der Waals surface area contributed by atoms with Crippen LogP contribution in [0.5, 0.6) is 0 Å². The molecule has 0 bridgehead atoms. The predicted molar refractivity (Wildman–Crippen MR) is 77.0 cm³/mol. The van der Waals surface area contributed by atoms with Crippen molar-refractivity contribution in [3.8, 4) is 0 Å². The fraction of sp³-hybridized carbons (Fsp3) is 0.125. The van der Waals surface area contributed by atoms with Gasteiger partial charge >= 0.3 is 6.18 Å². The van der Waals surface area contributed by atoms with Crippen LogP contribution in [0.15, 0.2) is 54.9 Å². The summed E-state index contributed by atoms with van der Waals surface area (Å²) < 4.78 is 39.2. The maximum Gasteiger partial charge on any atom is 0.418 e. The number of pyridine rings is 2. The molecule has 0 spiro atoms. The fourth-order valence-corrected chi connectivity index (χ4v) is 2.35. The summed E-state index contributed by atoms with van der Waals surface area (Å²) in [7, 11) is 0. The minimum Gasteiger partial charge on any atom is -0.319 e. The molecule has 0 aliphatic heterocycles. The van der Waals surface area contributed by atoms with E-state index in [0.29, 0.717) is 5.56 Å². The van der Waals surface area contributed by atoms with E-state index in [2.05, 4.69) is 9.97 Å². The van der Waals surface area contributed by atoms with Gasteiger partial charge in [-0.1, -0.05) is 12.1 Å². The smallest absolute Gasteiger partial charge is 0.319 e. The summed E-state index contributed by atoms with van der Waals surface area (Å²) in [5.41, 5.74) is 6.35. The van der Waals surface area contributed by atoms with Gasteiger partial charge in [0.25, 0.3) is 0 Å². The van der Waals surface area contributed by atoms with Crippen LogP contribution >= 0.6 is 0 Å². The van der Waals surface area contributed by atoms with E-state index in [0.717, 1.165) is 17.0 Å². The lowest BCUT2D eigenvalue weighted by molar-refractivity contribution is -0.138. The Kier molecular flexibility index (Phi) is 3.54. The molecule has 3 rings (SSSR count). The van der Waals surface area contributed by atoms with E-state index in [4.69, 9.17) is 5.73 Å². The van der Waals surface area contributed by atoms with Crippen LogP contribution in [0.25, 0.3) is 10.9 Å². The van der Waals surface area contributed by atoms with Crippen molar-refractivity contribution < 1.29 is 13.2 Å². The normalized spacial score (nSPS) is 13.3. The van der Waals surface area contributed by atoms with E-state index in [1.807, 2.05) is 6.07 Å². The van der Waals surface area contributed by atoms with Gasteiger partial charge in [-0.15, -0.1) is 0 Å². The molecule has 0 unspecified atom stereocenters. The summed E-state index contributed by atoms with van der Waals surface area (Å²) in [4.78, 5) is 8.02. The molecule has 112 valence electrons. The number of hydrogen-bond donors (Lipinski definition) is 1. The van der Waals surface area contributed by atoms with Crippen molar-refractivity contribution in [2.75, 3.05) is 0 Å². The molecule has 3 nitrogen and oxygen atoms in total. The second-order valence-electron chi connectivity index (χ2n) is 4.87. The Bertz CT molecular complexity index is 815. The second kappa shape index (κ2) is 5.38. The van der Waals surface area contributed by atoms with Crippen LogP contribution < -0.4 is 5.73 Å². The summed E-state index contributed by atoms with van der Waals surface area (Å²) in [6, 6.07) is 10.0. The summed E-state index contributed by atoms with van der Waals surface area (Å²) >= 11 is 0. The van der Waals surface area contributed by atoms with Gasteiger partial charge in [-0.3, -0.25) is 9.97 Å². The van der Waals surface area contributed by atoms with Gasteiger partial charge in [0.2, 0.25) is 0 Å². The molecule has 0 amide bonds. The topological polar surface area (TPSA) is 51.8 Å². The first kappa shape index (κ1) is 14.5. The van der Waals surface area contributed by atoms with Crippen LogP contribution in [0.4, 0.5) is 13.2 Å². The largest absolute Gasteiger partial charge is 0.418 e. The zero-order valence-electron chi connectivity index (χ0n) is 11.4. The molecule has 0 aliphatic carbocycles. The summed E-state index contributed by atoms with van der Waals surface area (Å²) in [6.07, 6.45) is -1.52. The Balaban J connectivity index is 2.08. The third-order valence-electron chi connectivity index (χ3n) is 3.42. The average Bonchev–Trinajstić information content (AvgIpc) is 2.53. The van der Waals surface area contributed by atoms with Gasteiger partial charge in [0.15, 0.2) is 0 Å². The molecule has 1 aromatic carbocycles. The molecule has 0 fully saturated rings. The van der Waals surface area contributed by atoms with Crippen molar-refractivity contribution in [1.29, 1.82) is 0 Å². The van der Waals surface area contributed by atoms with Crippen molar-refractivity contribution >= 4 is 10.9 Å². The van der Waals surface area contributed by atoms with Crippen LogP contribution in [0.3, 0.4) is 0 Å². The molecule has 2 heterocycles. The number of hydrogen-bond acceptors (Lipinski definition) is 3. The van der Waals surface area contributed by atoms with Crippen molar-refractivity contribution in [1.82, 2.24) is 9.97 Å². The summed E-state index contributed by atoms with van der Waals surface area (Å²) in [6.45, 7) is 0. The van der Waals surface area contributed by atoms with Crippen molar-refractivity contribution in [2.45, 2.75) is 12.2 Å². The molecule has 0 saturated carbocycles. The van der Waals surface area contributed by atoms with Crippen LogP contribution in [0.1, 0.15) is 22.9 Å². The SMILES string of the molecule is N[C@@H](c1ccc2ncccc2c1)c1ncccc1C(F)(F)F. The Hall–Kier alpha value is -2.47. The lowest BCUT2D eigenvalue weighted by atomic mass is 9.98. The highest BCUT2D eigenvalue weighted by atomic mass is 19.4. The standard InChI is InChI=1S/C16H12F3N3/c17-16(18,19)12-4-2-8-22-15(12)14(20)11-5-6-13-10(9-11)3-1-7-21-13/h1-9,14H,20H2/t14-/m0/s1. The van der Waals surface area contributed by atoms with Gasteiger partial charge < -0.3 is 5.73 Å². The van der Waals surface area contributed by atoms with E-state index in [-0.39, 0.29) is 5.69 Å². The lowest BCUT2D eigenvalue weighted by Crippen LogP contribution is -2.20. The fourth-order valence-electron chi connectivity index (χ4n) is 2.35. The highest BCUT2D eigenvalue weighted by molar-refractivity contribution is 5.79. The molecular weight excluding hydrogens is 291 g/mol. The van der Waals surface area contributed by atoms with Crippen LogP contribution in [-0.2, 0) is 6.18 Å². The first-order valence-corrected chi connectivity index (χ1v) is 6.59. The van der Waals surface area contributed by atoms with E-state index in [1.165, 1.54) is 12.3 Å². The number of nitrogens with zero attached hydrogens (tertiary/aromatic N) is 2. The molecule has 0 aliphatic rings. The molecule has 2 aromatic heterocycles. The Morgan fingerprint density at radius 1 is 0.955 bits per heavy atom. The quantitative estimate of drug-likeness (QED) is 0.785. The molecule has 22 heavy (non-hydrogen) atoms. The third-order valence-corrected chi connectivity index (χ3v) is 3.42. The minimum atomic E-state index is -4.49. The Morgan fingerprint density at radius 3 is 2.45 bits per heavy atom. The molecule has 6 heteroatoms. The summed E-state index contributed by atoms with van der Waals surface area (Å²) in [5.74, 6) is 0. The highest BCUT2D eigenvalue weighted by Gasteiger charge is 2.35. The van der Waals surface area contributed by atoms with Gasteiger partial charge in [0, 0.05) is 17.8 Å². The van der Waals surface area contributed by atoms with E-state index in [1.54, 1.807) is 30.5 Å². The average molecular weight is 303 g/mol. The Morgan fingerprint density at radius 2 is 1.68 bits per heavy atom. The Labute approximate surface area is 124 Å². The van der Waals surface area contributed by atoms with Gasteiger partial charge in [0.05, 0.1) is 22.8 Å². The number of fused-ring (bicyclic) bond motifs is 1. The summed E-state index contributed by atoms with van der Waals surface area (Å²) in [5, 5.41) is 0.819. The number of halogens is 3. The van der Waals surface area contributed by atoms with Crippen LogP contribution in [0, 0.1) is 0 Å². The number of rotatable bonds is 2. The lowest BCUT2D eigenvalue weighted by Gasteiger charge is -2.17. The van der Waals surface area contributed by atoms with Crippen molar-refractivity contribution in [3.63, 3.8) is 0 Å². The molecule has 0 saturated heterocycles. The van der Waals surface area contributed by atoms with Gasteiger partial charge in [-0.2, -0.15) is 13.2 Å². The zero-order chi connectivity index (χ0) is 15.7. The van der Waals surface area contributed by atoms with Gasteiger partial charge in [0.1, 0.15) is 0 Å². The third kappa shape index (κ3) is 2.65. The van der Waals surface area contributed by atoms with Crippen molar-refractivity contribution in [3.05, 3.63) is 71.7 Å². The molecule has 0 radical (unpaired) electrons. The van der Waals surface area contributed by atoms with E-state index >= 15 is 0 Å². The predicted octanol–water partition coefficient (Wildman–Crippen LogP) is 3.70. The first-order valence-electron chi connectivity index (χ1n) is 6.59. The zero-order valence-corrected chi connectivity index (χ0v) is 11.4. The number of benzene rings is 1. The number of nitrogens with two attached hydrogens (primary N) is 1. The first-order chi connectivity index (χ1) is 10.5. The van der Waals surface area contributed by atoms with E-state index in [9.17, 15) is 13.2 Å². The maximum atomic E-state index is 13.1. The van der Waals surface area contributed by atoms with Gasteiger partial charge in [-0.25, -0.2) is 0 Å². The minimum absolute atomic E-state index is 0.182. The second-order valence-corrected chi connectivity index (χ2v) is 4.87. The molecule has 3 aromatic rings. The molecule has 2 N–H and O–H groups in total. The van der Waals surface area contributed by atoms with E-state index < -0.39 is 17.8 Å². The molecular formula is C16H12F3N3. The van der Waals surface area contributed by atoms with Crippen LogP contribution in [0.2, 0.25) is 0 Å². The highest BCUT2D eigenvalue weighted by Crippen LogP contribution is 2.34. The number of aromatic nitrogens is 2. The monoisotopic (exact) mass is 303 g/mol. The van der Waals surface area contributed by atoms with Gasteiger partial charge in [-0.05, 0) is 35.9 Å². The van der Waals surface area contributed by atoms with Crippen molar-refractivity contribution in [2.24, 2.45) is 5.73 Å². The van der Waals surface area contributed by atoms with Crippen LogP contribution in [-0.4, -0.2) is 9.97 Å². The maximum absolute atomic E-state index is 13.1.